The summed E-state index contributed by atoms with van der Waals surface area (Å²) in [6.07, 6.45) is 3.89. The molecule has 0 radical (unpaired) electrons. The molecule has 1 N–H and O–H groups in total. The lowest BCUT2D eigenvalue weighted by Crippen LogP contribution is -2.36. The second kappa shape index (κ2) is 8.78. The van der Waals surface area contributed by atoms with Crippen molar-refractivity contribution in [2.24, 2.45) is 0 Å². The maximum absolute atomic E-state index is 13.3. The van der Waals surface area contributed by atoms with Gasteiger partial charge < -0.3 is 5.32 Å². The van der Waals surface area contributed by atoms with Gasteiger partial charge in [-0.1, -0.05) is 30.7 Å². The normalized spacial score (nSPS) is 17.9. The Labute approximate surface area is 162 Å². The van der Waals surface area contributed by atoms with E-state index in [0.717, 1.165) is 12.1 Å². The van der Waals surface area contributed by atoms with Crippen LogP contribution in [-0.2, 0) is 13.1 Å². The van der Waals surface area contributed by atoms with Gasteiger partial charge in [0.1, 0.15) is 5.82 Å². The standard InChI is InChI=1S/C21H24BrFN2O/c1-15-4-2-3-11-25(15)14-17-7-5-16(6-8-17)13-24-21(26)19-12-18(23)9-10-20(19)22/h5-10,12,15H,2-4,11,13-14H2,1H3,(H,24,26)/t15-/m1/s1. The number of carbonyl (C=O) groups is 1. The molecule has 0 saturated carbocycles. The molecule has 3 rings (SSSR count). The Balaban J connectivity index is 1.55. The van der Waals surface area contributed by atoms with Gasteiger partial charge in [-0.3, -0.25) is 9.69 Å². The minimum Gasteiger partial charge on any atom is -0.348 e. The zero-order valence-electron chi connectivity index (χ0n) is 15.0. The van der Waals surface area contributed by atoms with Crippen LogP contribution in [0.1, 0.15) is 47.7 Å². The smallest absolute Gasteiger partial charge is 0.252 e. The highest BCUT2D eigenvalue weighted by atomic mass is 79.9. The summed E-state index contributed by atoms with van der Waals surface area (Å²) >= 11 is 3.29. The molecule has 0 aliphatic carbocycles. The predicted octanol–water partition coefficient (Wildman–Crippen LogP) is 4.89. The van der Waals surface area contributed by atoms with Gasteiger partial charge in [0.25, 0.3) is 5.91 Å². The van der Waals surface area contributed by atoms with Gasteiger partial charge in [-0.15, -0.1) is 0 Å². The Morgan fingerprint density at radius 1 is 1.19 bits per heavy atom. The number of piperidine rings is 1. The van der Waals surface area contributed by atoms with Crippen LogP contribution in [0.5, 0.6) is 0 Å². The minimum absolute atomic E-state index is 0.289. The summed E-state index contributed by atoms with van der Waals surface area (Å²) in [5.74, 6) is -0.711. The molecule has 1 heterocycles. The van der Waals surface area contributed by atoms with Crippen LogP contribution in [0.15, 0.2) is 46.9 Å². The zero-order chi connectivity index (χ0) is 18.5. The first-order chi connectivity index (χ1) is 12.5. The summed E-state index contributed by atoms with van der Waals surface area (Å²) in [4.78, 5) is 14.8. The van der Waals surface area contributed by atoms with E-state index < -0.39 is 5.82 Å². The summed E-state index contributed by atoms with van der Waals surface area (Å²) in [7, 11) is 0. The van der Waals surface area contributed by atoms with Gasteiger partial charge in [-0.2, -0.15) is 0 Å². The average Bonchev–Trinajstić information content (AvgIpc) is 2.65. The highest BCUT2D eigenvalue weighted by molar-refractivity contribution is 9.10. The van der Waals surface area contributed by atoms with Crippen molar-refractivity contribution in [3.05, 3.63) is 69.4 Å². The predicted molar refractivity (Wildman–Crippen MR) is 105 cm³/mol. The van der Waals surface area contributed by atoms with Crippen molar-refractivity contribution >= 4 is 21.8 Å². The van der Waals surface area contributed by atoms with Gasteiger partial charge in [-0.25, -0.2) is 4.39 Å². The van der Waals surface area contributed by atoms with Gasteiger partial charge in [0.05, 0.1) is 5.56 Å². The quantitative estimate of drug-likeness (QED) is 0.749. The van der Waals surface area contributed by atoms with E-state index in [9.17, 15) is 9.18 Å². The molecule has 26 heavy (non-hydrogen) atoms. The van der Waals surface area contributed by atoms with Crippen LogP contribution in [0.4, 0.5) is 4.39 Å². The van der Waals surface area contributed by atoms with Crippen LogP contribution in [-0.4, -0.2) is 23.4 Å². The van der Waals surface area contributed by atoms with Crippen molar-refractivity contribution in [3.8, 4) is 0 Å². The number of carbonyl (C=O) groups excluding carboxylic acids is 1. The van der Waals surface area contributed by atoms with Crippen LogP contribution >= 0.6 is 15.9 Å². The van der Waals surface area contributed by atoms with Crippen LogP contribution < -0.4 is 5.32 Å². The number of hydrogen-bond donors (Lipinski definition) is 1. The summed E-state index contributed by atoms with van der Waals surface area (Å²) in [6.45, 7) is 4.86. The average molecular weight is 419 g/mol. The molecule has 1 aliphatic rings. The lowest BCUT2D eigenvalue weighted by atomic mass is 10.0. The fourth-order valence-corrected chi connectivity index (χ4v) is 3.77. The lowest BCUT2D eigenvalue weighted by Gasteiger charge is -2.33. The van der Waals surface area contributed by atoms with E-state index >= 15 is 0 Å². The van der Waals surface area contributed by atoms with Gasteiger partial charge in [0.15, 0.2) is 0 Å². The maximum atomic E-state index is 13.3. The summed E-state index contributed by atoms with van der Waals surface area (Å²) in [6, 6.07) is 13.1. The summed E-state index contributed by atoms with van der Waals surface area (Å²) in [5, 5.41) is 2.85. The molecule has 1 amide bonds. The molecule has 2 aromatic rings. The van der Waals surface area contributed by atoms with Crippen molar-refractivity contribution in [2.75, 3.05) is 6.54 Å². The molecule has 0 bridgehead atoms. The van der Waals surface area contributed by atoms with Crippen LogP contribution in [0.25, 0.3) is 0 Å². The molecule has 2 aromatic carbocycles. The maximum Gasteiger partial charge on any atom is 0.252 e. The number of hydrogen-bond acceptors (Lipinski definition) is 2. The van der Waals surface area contributed by atoms with E-state index in [0.29, 0.717) is 22.6 Å². The van der Waals surface area contributed by atoms with Crippen molar-refractivity contribution in [1.29, 1.82) is 0 Å². The van der Waals surface area contributed by atoms with Gasteiger partial charge in [0.2, 0.25) is 0 Å². The summed E-state index contributed by atoms with van der Waals surface area (Å²) in [5.41, 5.74) is 2.63. The number of nitrogens with zero attached hydrogens (tertiary/aromatic N) is 1. The van der Waals surface area contributed by atoms with E-state index in [4.69, 9.17) is 0 Å². The molecular weight excluding hydrogens is 395 g/mol. The SMILES string of the molecule is C[C@@H]1CCCCN1Cc1ccc(CNC(=O)c2cc(F)ccc2Br)cc1. The number of rotatable bonds is 5. The van der Waals surface area contributed by atoms with Crippen LogP contribution in [0.3, 0.4) is 0 Å². The molecule has 0 spiro atoms. The second-order valence-corrected chi connectivity index (χ2v) is 7.79. The largest absolute Gasteiger partial charge is 0.348 e. The van der Waals surface area contributed by atoms with Crippen molar-refractivity contribution < 1.29 is 9.18 Å². The fraction of sp³-hybridized carbons (Fsp3) is 0.381. The first-order valence-corrected chi connectivity index (χ1v) is 9.87. The summed E-state index contributed by atoms with van der Waals surface area (Å²) < 4.78 is 13.9. The number of amides is 1. The third-order valence-electron chi connectivity index (χ3n) is 4.98. The van der Waals surface area contributed by atoms with E-state index in [2.05, 4.69) is 45.2 Å². The van der Waals surface area contributed by atoms with Crippen molar-refractivity contribution in [2.45, 2.75) is 45.3 Å². The third-order valence-corrected chi connectivity index (χ3v) is 5.67. The molecule has 1 atom stereocenters. The lowest BCUT2D eigenvalue weighted by molar-refractivity contribution is 0.0949. The highest BCUT2D eigenvalue weighted by Gasteiger charge is 2.18. The zero-order valence-corrected chi connectivity index (χ0v) is 16.6. The Morgan fingerprint density at radius 3 is 2.65 bits per heavy atom. The van der Waals surface area contributed by atoms with Crippen molar-refractivity contribution in [3.63, 3.8) is 0 Å². The number of benzene rings is 2. The van der Waals surface area contributed by atoms with E-state index in [1.807, 2.05) is 12.1 Å². The van der Waals surface area contributed by atoms with Gasteiger partial charge in [-0.05, 0) is 71.6 Å². The molecule has 1 aliphatic heterocycles. The van der Waals surface area contributed by atoms with E-state index in [-0.39, 0.29) is 5.91 Å². The molecule has 3 nitrogen and oxygen atoms in total. The molecule has 1 fully saturated rings. The van der Waals surface area contributed by atoms with E-state index in [1.54, 1.807) is 6.07 Å². The highest BCUT2D eigenvalue weighted by Crippen LogP contribution is 2.20. The number of nitrogens with one attached hydrogen (secondary N) is 1. The number of likely N-dealkylation sites (tertiary alicyclic amines) is 1. The number of halogens is 2. The Bertz CT molecular complexity index is 763. The molecule has 138 valence electrons. The van der Waals surface area contributed by atoms with Crippen LogP contribution in [0, 0.1) is 5.82 Å². The van der Waals surface area contributed by atoms with E-state index in [1.165, 1.54) is 43.5 Å². The van der Waals surface area contributed by atoms with Crippen LogP contribution in [0.2, 0.25) is 0 Å². The molecular formula is C21H24BrFN2O. The van der Waals surface area contributed by atoms with Crippen molar-refractivity contribution in [1.82, 2.24) is 10.2 Å². The Kier molecular flexibility index (Phi) is 6.43. The first kappa shape index (κ1) is 19.1. The first-order valence-electron chi connectivity index (χ1n) is 9.08. The third kappa shape index (κ3) is 4.92. The monoisotopic (exact) mass is 418 g/mol. The van der Waals surface area contributed by atoms with Gasteiger partial charge >= 0.3 is 0 Å². The minimum atomic E-state index is -0.422. The Morgan fingerprint density at radius 2 is 1.92 bits per heavy atom. The molecule has 1 saturated heterocycles. The second-order valence-electron chi connectivity index (χ2n) is 6.94. The topological polar surface area (TPSA) is 32.3 Å². The molecule has 5 heteroatoms. The molecule has 0 aromatic heterocycles. The fourth-order valence-electron chi connectivity index (χ4n) is 3.34. The van der Waals surface area contributed by atoms with Gasteiger partial charge in [0, 0.05) is 23.6 Å². The molecule has 0 unspecified atom stereocenters. The Hall–Kier alpha value is -1.72.